The molecule has 8 heteroatoms. The van der Waals surface area contributed by atoms with E-state index in [2.05, 4.69) is 15.5 Å². The minimum Gasteiger partial charge on any atom is -0.497 e. The van der Waals surface area contributed by atoms with Gasteiger partial charge in [-0.25, -0.2) is 10.4 Å². The molecule has 0 aliphatic rings. The van der Waals surface area contributed by atoms with E-state index in [4.69, 9.17) is 10.5 Å². The fraction of sp³-hybridized carbons (Fsp3) is 0.0625. The first-order valence-corrected chi connectivity index (χ1v) is 7.61. The Balaban J connectivity index is 0.00000208. The average Bonchev–Trinajstić information content (AvgIpc) is 2.93. The number of ether oxygens (including phenoxy) is 1. The van der Waals surface area contributed by atoms with Gasteiger partial charge in [-0.1, -0.05) is 0 Å². The smallest absolute Gasteiger partial charge is 0.283 e. The number of hydrogen-bond acceptors (Lipinski definition) is 6. The van der Waals surface area contributed by atoms with Gasteiger partial charge in [-0.2, -0.15) is 5.10 Å². The van der Waals surface area contributed by atoms with Gasteiger partial charge < -0.3 is 10.5 Å². The molecule has 0 saturated heterocycles. The number of hydrogen-bond donors (Lipinski definition) is 2. The zero-order valence-corrected chi connectivity index (χ0v) is 14.4. The molecular formula is C16H15ClN4O2S. The topological polar surface area (TPSA) is 89.6 Å². The lowest BCUT2D eigenvalue weighted by molar-refractivity contribution is 0.0960. The predicted molar refractivity (Wildman–Crippen MR) is 99.3 cm³/mol. The van der Waals surface area contributed by atoms with E-state index < -0.39 is 0 Å². The van der Waals surface area contributed by atoms with Crippen molar-refractivity contribution in [3.63, 3.8) is 0 Å². The number of fused-ring (bicyclic) bond motifs is 1. The molecular weight excluding hydrogens is 348 g/mol. The summed E-state index contributed by atoms with van der Waals surface area (Å²) in [6.07, 6.45) is 3.22. The fourth-order valence-corrected chi connectivity index (χ4v) is 2.98. The van der Waals surface area contributed by atoms with Gasteiger partial charge in [0.05, 0.1) is 19.0 Å². The van der Waals surface area contributed by atoms with Crippen LogP contribution in [0.15, 0.2) is 47.7 Å². The maximum atomic E-state index is 12.2. The lowest BCUT2D eigenvalue weighted by Gasteiger charge is -2.00. The highest BCUT2D eigenvalue weighted by Gasteiger charge is 2.16. The molecule has 2 aromatic heterocycles. The van der Waals surface area contributed by atoms with Gasteiger partial charge in [0, 0.05) is 11.6 Å². The van der Waals surface area contributed by atoms with Gasteiger partial charge in [0.25, 0.3) is 5.91 Å². The Morgan fingerprint density at radius 1 is 1.33 bits per heavy atom. The molecule has 6 nitrogen and oxygen atoms in total. The van der Waals surface area contributed by atoms with Crippen LogP contribution in [0.4, 0.5) is 5.69 Å². The summed E-state index contributed by atoms with van der Waals surface area (Å²) < 4.78 is 5.08. The average molecular weight is 363 g/mol. The third kappa shape index (κ3) is 3.64. The highest BCUT2D eigenvalue weighted by Crippen LogP contribution is 2.31. The summed E-state index contributed by atoms with van der Waals surface area (Å²) in [5.74, 6) is 0.409. The van der Waals surface area contributed by atoms with Gasteiger partial charge >= 0.3 is 0 Å². The number of pyridine rings is 1. The summed E-state index contributed by atoms with van der Waals surface area (Å²) in [5, 5.41) is 4.73. The van der Waals surface area contributed by atoms with Crippen LogP contribution in [0.5, 0.6) is 5.75 Å². The number of nitrogens with zero attached hydrogens (tertiary/aromatic N) is 2. The predicted octanol–water partition coefficient (Wildman–Crippen LogP) is 3.07. The van der Waals surface area contributed by atoms with Gasteiger partial charge in [0.2, 0.25) is 0 Å². The minimum atomic E-state index is -0.352. The number of benzene rings is 1. The summed E-state index contributed by atoms with van der Waals surface area (Å²) >= 11 is 1.24. The Labute approximate surface area is 148 Å². The Morgan fingerprint density at radius 2 is 2.08 bits per heavy atom. The summed E-state index contributed by atoms with van der Waals surface area (Å²) in [6.45, 7) is 0. The van der Waals surface area contributed by atoms with E-state index in [-0.39, 0.29) is 18.3 Å². The number of thiophene rings is 1. The Morgan fingerprint density at radius 3 is 2.75 bits per heavy atom. The van der Waals surface area contributed by atoms with Crippen molar-refractivity contribution in [3.8, 4) is 5.75 Å². The number of aromatic nitrogens is 1. The molecule has 3 rings (SSSR count). The maximum Gasteiger partial charge on any atom is 0.283 e. The van der Waals surface area contributed by atoms with Crippen molar-refractivity contribution in [1.29, 1.82) is 0 Å². The molecule has 0 radical (unpaired) electrons. The van der Waals surface area contributed by atoms with Crippen LogP contribution in [-0.2, 0) is 0 Å². The zero-order valence-electron chi connectivity index (χ0n) is 12.7. The molecule has 1 amide bonds. The number of nitrogen functional groups attached to an aromatic ring is 1. The molecule has 0 aliphatic heterocycles. The molecule has 2 heterocycles. The summed E-state index contributed by atoms with van der Waals surface area (Å²) in [4.78, 5) is 17.5. The van der Waals surface area contributed by atoms with Crippen LogP contribution < -0.4 is 15.9 Å². The van der Waals surface area contributed by atoms with Crippen LogP contribution in [0, 0.1) is 0 Å². The second kappa shape index (κ2) is 7.76. The van der Waals surface area contributed by atoms with E-state index in [0.717, 1.165) is 21.5 Å². The number of methoxy groups -OCH3 is 1. The molecule has 0 fully saturated rings. The number of hydrazone groups is 1. The number of halogens is 1. The van der Waals surface area contributed by atoms with Crippen LogP contribution in [0.2, 0.25) is 0 Å². The third-order valence-corrected chi connectivity index (χ3v) is 4.33. The first-order chi connectivity index (χ1) is 11.2. The van der Waals surface area contributed by atoms with E-state index in [1.54, 1.807) is 25.6 Å². The molecule has 124 valence electrons. The van der Waals surface area contributed by atoms with Crippen molar-refractivity contribution >= 4 is 51.8 Å². The second-order valence-electron chi connectivity index (χ2n) is 4.67. The Hall–Kier alpha value is -2.64. The molecule has 0 unspecified atom stereocenters. The molecule has 0 saturated carbocycles. The van der Waals surface area contributed by atoms with Crippen LogP contribution in [0.25, 0.3) is 10.2 Å². The quantitative estimate of drug-likeness (QED) is 0.551. The number of carbonyl (C=O) groups excluding carboxylic acids is 1. The lowest BCUT2D eigenvalue weighted by Crippen LogP contribution is -2.17. The number of amides is 1. The number of nitrogens with one attached hydrogen (secondary N) is 1. The van der Waals surface area contributed by atoms with Gasteiger partial charge in [-0.05, 0) is 42.0 Å². The first-order valence-electron chi connectivity index (χ1n) is 6.79. The van der Waals surface area contributed by atoms with Crippen LogP contribution >= 0.6 is 23.7 Å². The number of anilines is 1. The van der Waals surface area contributed by atoms with Crippen molar-refractivity contribution in [2.75, 3.05) is 12.8 Å². The lowest BCUT2D eigenvalue weighted by atomic mass is 10.2. The van der Waals surface area contributed by atoms with Crippen molar-refractivity contribution in [3.05, 3.63) is 53.0 Å². The number of nitrogens with two attached hydrogens (primary N) is 1. The molecule has 0 bridgehead atoms. The first kappa shape index (κ1) is 17.7. The summed E-state index contributed by atoms with van der Waals surface area (Å²) in [5.41, 5.74) is 9.75. The van der Waals surface area contributed by atoms with Crippen molar-refractivity contribution in [2.24, 2.45) is 5.10 Å². The normalized spacial score (nSPS) is 10.5. The second-order valence-corrected chi connectivity index (χ2v) is 5.67. The molecule has 1 aromatic carbocycles. The van der Waals surface area contributed by atoms with Crippen molar-refractivity contribution in [1.82, 2.24) is 10.4 Å². The maximum absolute atomic E-state index is 12.2. The largest absolute Gasteiger partial charge is 0.497 e. The van der Waals surface area contributed by atoms with Crippen LogP contribution in [0.1, 0.15) is 15.2 Å². The molecule has 0 atom stereocenters. The van der Waals surface area contributed by atoms with E-state index in [1.165, 1.54) is 11.3 Å². The minimum absolute atomic E-state index is 0. The molecule has 3 N–H and O–H groups in total. The van der Waals surface area contributed by atoms with E-state index >= 15 is 0 Å². The van der Waals surface area contributed by atoms with Crippen LogP contribution in [0.3, 0.4) is 0 Å². The van der Waals surface area contributed by atoms with E-state index in [1.807, 2.05) is 30.3 Å². The zero-order chi connectivity index (χ0) is 16.2. The van der Waals surface area contributed by atoms with Gasteiger partial charge in [0.1, 0.15) is 15.5 Å². The Kier molecular flexibility index (Phi) is 5.73. The van der Waals surface area contributed by atoms with Gasteiger partial charge in [-0.3, -0.25) is 4.79 Å². The standard InChI is InChI=1S/C16H14N4O2S.ClH/c1-22-11-6-4-10(5-7-11)9-19-20-15(21)14-13(17)12-3-2-8-18-16(12)23-14;/h2-9H,17H2,1H3,(H,20,21);1H/b19-9+;. The molecule has 0 aliphatic carbocycles. The highest BCUT2D eigenvalue weighted by molar-refractivity contribution is 7.21. The number of carbonyl (C=O) groups is 1. The number of rotatable bonds is 4. The monoisotopic (exact) mass is 362 g/mol. The molecule has 0 spiro atoms. The Bertz CT molecular complexity index is 877. The van der Waals surface area contributed by atoms with Crippen molar-refractivity contribution in [2.45, 2.75) is 0 Å². The van der Waals surface area contributed by atoms with E-state index in [9.17, 15) is 4.79 Å². The van der Waals surface area contributed by atoms with Crippen LogP contribution in [-0.4, -0.2) is 24.2 Å². The van der Waals surface area contributed by atoms with E-state index in [0.29, 0.717) is 10.6 Å². The van der Waals surface area contributed by atoms with Gasteiger partial charge in [-0.15, -0.1) is 23.7 Å². The van der Waals surface area contributed by atoms with Crippen molar-refractivity contribution < 1.29 is 9.53 Å². The fourth-order valence-electron chi connectivity index (χ4n) is 2.03. The highest BCUT2D eigenvalue weighted by atomic mass is 35.5. The molecule has 24 heavy (non-hydrogen) atoms. The SMILES string of the molecule is COc1ccc(/C=N/NC(=O)c2sc3ncccc3c2N)cc1.Cl. The van der Waals surface area contributed by atoms with Gasteiger partial charge in [0.15, 0.2) is 0 Å². The summed E-state index contributed by atoms with van der Waals surface area (Å²) in [6, 6.07) is 10.9. The third-order valence-electron chi connectivity index (χ3n) is 3.21. The summed E-state index contributed by atoms with van der Waals surface area (Å²) in [7, 11) is 1.60. The molecule has 3 aromatic rings.